The van der Waals surface area contributed by atoms with Gasteiger partial charge in [-0.05, 0) is 25.5 Å². The summed E-state index contributed by atoms with van der Waals surface area (Å²) < 4.78 is 5.61. The molecule has 0 fully saturated rings. The number of nitrogens with zero attached hydrogens (tertiary/aromatic N) is 2. The molecule has 0 aliphatic rings. The van der Waals surface area contributed by atoms with Crippen molar-refractivity contribution >= 4 is 11.6 Å². The highest BCUT2D eigenvalue weighted by molar-refractivity contribution is 6.29. The van der Waals surface area contributed by atoms with Gasteiger partial charge >= 0.3 is 0 Å². The third-order valence-corrected chi connectivity index (χ3v) is 2.36. The second-order valence-corrected chi connectivity index (χ2v) is 3.94. The van der Waals surface area contributed by atoms with E-state index in [-0.39, 0.29) is 0 Å². The molecule has 0 N–H and O–H groups in total. The molecule has 0 saturated carbocycles. The Bertz CT molecular complexity index is 514. The zero-order valence-corrected chi connectivity index (χ0v) is 9.82. The smallest absolute Gasteiger partial charge is 0.223 e. The number of hydrogen-bond acceptors (Lipinski definition) is 3. The molecule has 0 bridgehead atoms. The van der Waals surface area contributed by atoms with Gasteiger partial charge in [0.25, 0.3) is 0 Å². The molecule has 1 heterocycles. The van der Waals surface area contributed by atoms with Crippen LogP contribution in [-0.4, -0.2) is 9.97 Å². The van der Waals surface area contributed by atoms with E-state index in [1.54, 1.807) is 6.07 Å². The highest BCUT2D eigenvalue weighted by atomic mass is 35.5. The Kier molecular flexibility index (Phi) is 3.06. The standard InChI is InChI=1S/C12H11ClN2O/c1-8-3-4-10(9(2)5-8)16-12-6-11(13)14-7-15-12/h3-7H,1-2H3. The first kappa shape index (κ1) is 10.9. The molecule has 0 unspecified atom stereocenters. The van der Waals surface area contributed by atoms with Crippen LogP contribution in [0.15, 0.2) is 30.6 Å². The largest absolute Gasteiger partial charge is 0.439 e. The van der Waals surface area contributed by atoms with Gasteiger partial charge in [0.15, 0.2) is 0 Å². The maximum atomic E-state index is 5.74. The third kappa shape index (κ3) is 2.49. The highest BCUT2D eigenvalue weighted by Gasteiger charge is 2.03. The van der Waals surface area contributed by atoms with Gasteiger partial charge in [-0.15, -0.1) is 0 Å². The van der Waals surface area contributed by atoms with E-state index in [1.165, 1.54) is 11.9 Å². The van der Waals surface area contributed by atoms with Crippen LogP contribution < -0.4 is 4.74 Å². The normalized spacial score (nSPS) is 10.2. The molecular weight excluding hydrogens is 224 g/mol. The fraction of sp³-hybridized carbons (Fsp3) is 0.167. The summed E-state index contributed by atoms with van der Waals surface area (Å²) in [6.07, 6.45) is 1.38. The number of rotatable bonds is 2. The molecule has 3 nitrogen and oxygen atoms in total. The third-order valence-electron chi connectivity index (χ3n) is 2.15. The quantitative estimate of drug-likeness (QED) is 0.746. The lowest BCUT2D eigenvalue weighted by molar-refractivity contribution is 0.458. The van der Waals surface area contributed by atoms with Crippen molar-refractivity contribution in [3.63, 3.8) is 0 Å². The molecule has 0 spiro atoms. The van der Waals surface area contributed by atoms with Gasteiger partial charge in [-0.25, -0.2) is 9.97 Å². The van der Waals surface area contributed by atoms with E-state index in [4.69, 9.17) is 16.3 Å². The second-order valence-electron chi connectivity index (χ2n) is 3.55. The molecule has 0 amide bonds. The minimum atomic E-state index is 0.370. The molecule has 1 aromatic heterocycles. The Hall–Kier alpha value is -1.61. The summed E-state index contributed by atoms with van der Waals surface area (Å²) in [5.41, 5.74) is 2.26. The lowest BCUT2D eigenvalue weighted by Gasteiger charge is -2.08. The average Bonchev–Trinajstić information content (AvgIpc) is 2.22. The van der Waals surface area contributed by atoms with E-state index in [2.05, 4.69) is 16.0 Å². The van der Waals surface area contributed by atoms with Crippen molar-refractivity contribution in [1.29, 1.82) is 0 Å². The van der Waals surface area contributed by atoms with Crippen LogP contribution in [0.25, 0.3) is 0 Å². The maximum absolute atomic E-state index is 5.74. The first-order chi connectivity index (χ1) is 7.65. The Morgan fingerprint density at radius 1 is 1.12 bits per heavy atom. The van der Waals surface area contributed by atoms with Crippen LogP contribution in [-0.2, 0) is 0 Å². The number of halogens is 1. The Morgan fingerprint density at radius 2 is 1.94 bits per heavy atom. The van der Waals surface area contributed by atoms with E-state index in [9.17, 15) is 0 Å². The van der Waals surface area contributed by atoms with Gasteiger partial charge in [0.05, 0.1) is 0 Å². The maximum Gasteiger partial charge on any atom is 0.223 e. The van der Waals surface area contributed by atoms with Crippen LogP contribution >= 0.6 is 11.6 Å². The molecule has 0 radical (unpaired) electrons. The summed E-state index contributed by atoms with van der Waals surface area (Å²) in [5.74, 6) is 1.23. The second kappa shape index (κ2) is 4.49. The van der Waals surface area contributed by atoms with Crippen LogP contribution in [0.1, 0.15) is 11.1 Å². The van der Waals surface area contributed by atoms with Gasteiger partial charge in [-0.2, -0.15) is 0 Å². The van der Waals surface area contributed by atoms with Crippen molar-refractivity contribution in [2.24, 2.45) is 0 Å². The van der Waals surface area contributed by atoms with Crippen LogP contribution in [0, 0.1) is 13.8 Å². The highest BCUT2D eigenvalue weighted by Crippen LogP contribution is 2.24. The summed E-state index contributed by atoms with van der Waals surface area (Å²) in [6.45, 7) is 4.03. The molecule has 1 aromatic carbocycles. The van der Waals surface area contributed by atoms with Crippen molar-refractivity contribution < 1.29 is 4.74 Å². The van der Waals surface area contributed by atoms with E-state index < -0.39 is 0 Å². The minimum Gasteiger partial charge on any atom is -0.439 e. The molecule has 0 atom stereocenters. The van der Waals surface area contributed by atoms with Gasteiger partial charge in [0.2, 0.25) is 5.88 Å². The summed E-state index contributed by atoms with van der Waals surface area (Å²) in [4.78, 5) is 7.77. The SMILES string of the molecule is Cc1ccc(Oc2cc(Cl)ncn2)c(C)c1. The topological polar surface area (TPSA) is 35.0 Å². The van der Waals surface area contributed by atoms with Gasteiger partial charge in [-0.1, -0.05) is 29.3 Å². The molecule has 2 rings (SSSR count). The first-order valence-electron chi connectivity index (χ1n) is 4.88. The summed E-state index contributed by atoms with van der Waals surface area (Å²) in [5, 5.41) is 0.370. The molecule has 0 aliphatic heterocycles. The van der Waals surface area contributed by atoms with E-state index in [0.29, 0.717) is 11.0 Å². The molecular formula is C12H11ClN2O. The fourth-order valence-electron chi connectivity index (χ4n) is 1.40. The summed E-state index contributed by atoms with van der Waals surface area (Å²) in [6, 6.07) is 7.55. The fourth-order valence-corrected chi connectivity index (χ4v) is 1.54. The predicted octanol–water partition coefficient (Wildman–Crippen LogP) is 3.54. The monoisotopic (exact) mass is 234 g/mol. The van der Waals surface area contributed by atoms with Crippen molar-refractivity contribution in [2.45, 2.75) is 13.8 Å². The molecule has 0 aliphatic carbocycles. The number of ether oxygens (including phenoxy) is 1. The van der Waals surface area contributed by atoms with Crippen LogP contribution in [0.4, 0.5) is 0 Å². The number of benzene rings is 1. The Morgan fingerprint density at radius 3 is 2.62 bits per heavy atom. The Labute approximate surface area is 99.1 Å². The van der Waals surface area contributed by atoms with Gasteiger partial charge in [0, 0.05) is 6.07 Å². The van der Waals surface area contributed by atoms with Gasteiger partial charge in [0.1, 0.15) is 17.2 Å². The molecule has 4 heteroatoms. The zero-order chi connectivity index (χ0) is 11.5. The van der Waals surface area contributed by atoms with Crippen LogP contribution in [0.3, 0.4) is 0 Å². The van der Waals surface area contributed by atoms with Crippen LogP contribution in [0.2, 0.25) is 5.15 Å². The van der Waals surface area contributed by atoms with E-state index in [0.717, 1.165) is 11.3 Å². The molecule has 0 saturated heterocycles. The minimum absolute atomic E-state index is 0.370. The molecule has 2 aromatic rings. The Balaban J connectivity index is 2.27. The van der Waals surface area contributed by atoms with E-state index in [1.807, 2.05) is 26.0 Å². The zero-order valence-electron chi connectivity index (χ0n) is 9.07. The first-order valence-corrected chi connectivity index (χ1v) is 5.25. The lowest BCUT2D eigenvalue weighted by atomic mass is 10.1. The van der Waals surface area contributed by atoms with Crippen molar-refractivity contribution in [2.75, 3.05) is 0 Å². The number of aryl methyl sites for hydroxylation is 2. The molecule has 82 valence electrons. The van der Waals surface area contributed by atoms with E-state index >= 15 is 0 Å². The van der Waals surface area contributed by atoms with Gasteiger partial charge < -0.3 is 4.74 Å². The lowest BCUT2D eigenvalue weighted by Crippen LogP contribution is -1.91. The summed E-state index contributed by atoms with van der Waals surface area (Å²) >= 11 is 5.74. The van der Waals surface area contributed by atoms with Crippen LogP contribution in [0.5, 0.6) is 11.6 Å². The predicted molar refractivity (Wildman–Crippen MR) is 63.0 cm³/mol. The number of hydrogen-bond donors (Lipinski definition) is 0. The van der Waals surface area contributed by atoms with Crippen molar-refractivity contribution in [3.8, 4) is 11.6 Å². The number of aromatic nitrogens is 2. The average molecular weight is 235 g/mol. The summed E-state index contributed by atoms with van der Waals surface area (Å²) in [7, 11) is 0. The van der Waals surface area contributed by atoms with Gasteiger partial charge in [-0.3, -0.25) is 0 Å². The van der Waals surface area contributed by atoms with Crippen molar-refractivity contribution in [3.05, 3.63) is 46.9 Å². The van der Waals surface area contributed by atoms with Crippen molar-refractivity contribution in [1.82, 2.24) is 9.97 Å². The molecule has 16 heavy (non-hydrogen) atoms.